The first-order valence-electron chi connectivity index (χ1n) is 7.01. The number of aromatic nitrogens is 1. The molecule has 0 aromatic carbocycles. The predicted molar refractivity (Wildman–Crippen MR) is 83.3 cm³/mol. The minimum Gasteiger partial charge on any atom is -0.465 e. The number of nitrogens with one attached hydrogen (secondary N) is 1. The molecule has 0 spiro atoms. The fourth-order valence-electron chi connectivity index (χ4n) is 2.35. The number of esters is 1. The molecule has 23 heavy (non-hydrogen) atoms. The van der Waals surface area contributed by atoms with Crippen LogP contribution in [0.2, 0.25) is 0 Å². The number of Topliss-reactive ketones (excluding diaryl/α,β-unsaturated/α-hetero) is 2. The maximum atomic E-state index is 12.1. The Balaban J connectivity index is 1.99. The Kier molecular flexibility index (Phi) is 4.95. The maximum Gasteiger partial charge on any atom is 0.331 e. The van der Waals surface area contributed by atoms with Gasteiger partial charge in [0.25, 0.3) is 0 Å². The fourth-order valence-corrected chi connectivity index (χ4v) is 2.35. The molecule has 0 bridgehead atoms. The topological polar surface area (TPSA) is 89.4 Å². The highest BCUT2D eigenvalue weighted by atomic mass is 16.5. The van der Waals surface area contributed by atoms with Gasteiger partial charge in [-0.15, -0.1) is 0 Å². The molecular weight excluding hydrogens is 298 g/mol. The monoisotopic (exact) mass is 315 g/mol. The van der Waals surface area contributed by atoms with Gasteiger partial charge >= 0.3 is 5.97 Å². The van der Waals surface area contributed by atoms with Crippen molar-refractivity contribution in [2.75, 3.05) is 6.61 Å². The number of aryl methyl sites for hydroxylation is 1. The summed E-state index contributed by atoms with van der Waals surface area (Å²) in [4.78, 5) is 38.1. The van der Waals surface area contributed by atoms with Crippen molar-refractivity contribution < 1.29 is 23.5 Å². The number of carbonyl (C=O) groups excluding carboxylic acids is 3. The number of carbonyl (C=O) groups is 3. The van der Waals surface area contributed by atoms with Gasteiger partial charge in [0.15, 0.2) is 12.4 Å². The number of rotatable bonds is 6. The van der Waals surface area contributed by atoms with E-state index in [0.717, 1.165) is 0 Å². The van der Waals surface area contributed by atoms with E-state index in [1.807, 2.05) is 0 Å². The summed E-state index contributed by atoms with van der Waals surface area (Å²) in [6, 6.07) is 3.38. The van der Waals surface area contributed by atoms with E-state index in [0.29, 0.717) is 22.6 Å². The molecule has 2 aromatic heterocycles. The largest absolute Gasteiger partial charge is 0.465 e. The lowest BCUT2D eigenvalue weighted by atomic mass is 10.1. The van der Waals surface area contributed by atoms with Gasteiger partial charge in [-0.1, -0.05) is 0 Å². The lowest BCUT2D eigenvalue weighted by Crippen LogP contribution is -2.14. The summed E-state index contributed by atoms with van der Waals surface area (Å²) in [5, 5.41) is 0. The number of aromatic amines is 1. The van der Waals surface area contributed by atoms with Crippen LogP contribution < -0.4 is 0 Å². The third-order valence-corrected chi connectivity index (χ3v) is 3.34. The molecule has 2 aromatic rings. The van der Waals surface area contributed by atoms with Crippen LogP contribution in [-0.2, 0) is 9.53 Å². The Hall–Kier alpha value is -2.89. The van der Waals surface area contributed by atoms with E-state index >= 15 is 0 Å². The number of hydrogen-bond acceptors (Lipinski definition) is 5. The predicted octanol–water partition coefficient (Wildman–Crippen LogP) is 2.87. The van der Waals surface area contributed by atoms with Gasteiger partial charge in [0.1, 0.15) is 5.76 Å². The van der Waals surface area contributed by atoms with Gasteiger partial charge in [-0.25, -0.2) is 4.79 Å². The standard InChI is InChI=1S/C17H17NO5/c1-10-16(12(3)19)11(2)18-17(10)14(20)9-23-15(21)7-6-13-5-4-8-22-13/h4-8,18H,9H2,1-3H3/b7-6+. The SMILES string of the molecule is CC(=O)c1c(C)[nH]c(C(=O)COC(=O)/C=C/c2ccco2)c1C. The molecule has 0 saturated carbocycles. The van der Waals surface area contributed by atoms with E-state index in [2.05, 4.69) is 4.98 Å². The molecule has 0 unspecified atom stereocenters. The van der Waals surface area contributed by atoms with Crippen LogP contribution >= 0.6 is 0 Å². The molecule has 0 atom stereocenters. The molecule has 0 saturated heterocycles. The second kappa shape index (κ2) is 6.91. The molecule has 0 radical (unpaired) electrons. The van der Waals surface area contributed by atoms with Gasteiger partial charge in [-0.05, 0) is 44.5 Å². The van der Waals surface area contributed by atoms with Gasteiger partial charge < -0.3 is 14.1 Å². The average Bonchev–Trinajstić information content (AvgIpc) is 3.10. The second-order valence-electron chi connectivity index (χ2n) is 5.06. The van der Waals surface area contributed by atoms with Gasteiger partial charge in [0, 0.05) is 17.3 Å². The zero-order valence-electron chi connectivity index (χ0n) is 13.1. The van der Waals surface area contributed by atoms with Crippen LogP contribution in [0.5, 0.6) is 0 Å². The third kappa shape index (κ3) is 3.85. The molecule has 0 aliphatic carbocycles. The Bertz CT molecular complexity index is 765. The first-order chi connectivity index (χ1) is 10.9. The molecule has 0 aliphatic heterocycles. The zero-order valence-corrected chi connectivity index (χ0v) is 13.1. The van der Waals surface area contributed by atoms with Gasteiger partial charge in [-0.3, -0.25) is 9.59 Å². The van der Waals surface area contributed by atoms with Crippen LogP contribution in [0.4, 0.5) is 0 Å². The highest BCUT2D eigenvalue weighted by molar-refractivity contribution is 6.04. The van der Waals surface area contributed by atoms with Gasteiger partial charge in [0.2, 0.25) is 5.78 Å². The summed E-state index contributed by atoms with van der Waals surface area (Å²) < 4.78 is 9.93. The quantitative estimate of drug-likeness (QED) is 0.503. The van der Waals surface area contributed by atoms with Crippen LogP contribution in [0.3, 0.4) is 0 Å². The maximum absolute atomic E-state index is 12.1. The number of ether oxygens (including phenoxy) is 1. The molecule has 6 heteroatoms. The van der Waals surface area contributed by atoms with Crippen molar-refractivity contribution >= 4 is 23.6 Å². The number of H-pyrrole nitrogens is 1. The van der Waals surface area contributed by atoms with E-state index in [9.17, 15) is 14.4 Å². The van der Waals surface area contributed by atoms with Crippen molar-refractivity contribution in [2.24, 2.45) is 0 Å². The van der Waals surface area contributed by atoms with Crippen LogP contribution in [0.1, 0.15) is 44.8 Å². The molecule has 0 fully saturated rings. The molecule has 0 amide bonds. The molecular formula is C17H17NO5. The van der Waals surface area contributed by atoms with Crippen molar-refractivity contribution in [2.45, 2.75) is 20.8 Å². The minimum absolute atomic E-state index is 0.117. The second-order valence-corrected chi connectivity index (χ2v) is 5.06. The normalized spacial score (nSPS) is 10.9. The van der Waals surface area contributed by atoms with Crippen LogP contribution in [0, 0.1) is 13.8 Å². The van der Waals surface area contributed by atoms with Crippen molar-refractivity contribution in [3.8, 4) is 0 Å². The highest BCUT2D eigenvalue weighted by Crippen LogP contribution is 2.19. The Morgan fingerprint density at radius 1 is 1.30 bits per heavy atom. The average molecular weight is 315 g/mol. The van der Waals surface area contributed by atoms with E-state index in [4.69, 9.17) is 9.15 Å². The lowest BCUT2D eigenvalue weighted by molar-refractivity contribution is -0.136. The first kappa shape index (κ1) is 16.5. The third-order valence-electron chi connectivity index (χ3n) is 3.34. The van der Waals surface area contributed by atoms with Gasteiger partial charge in [-0.2, -0.15) is 0 Å². The van der Waals surface area contributed by atoms with Crippen molar-refractivity contribution in [3.05, 3.63) is 52.7 Å². The molecule has 6 nitrogen and oxygen atoms in total. The van der Waals surface area contributed by atoms with Crippen molar-refractivity contribution in [1.29, 1.82) is 0 Å². The van der Waals surface area contributed by atoms with Crippen LogP contribution in [-0.4, -0.2) is 29.1 Å². The summed E-state index contributed by atoms with van der Waals surface area (Å²) in [5.41, 5.74) is 1.98. The van der Waals surface area contributed by atoms with E-state index < -0.39 is 18.4 Å². The van der Waals surface area contributed by atoms with Crippen LogP contribution in [0.15, 0.2) is 28.9 Å². The minimum atomic E-state index is -0.650. The first-order valence-corrected chi connectivity index (χ1v) is 7.01. The van der Waals surface area contributed by atoms with Gasteiger partial charge in [0.05, 0.1) is 12.0 Å². The highest BCUT2D eigenvalue weighted by Gasteiger charge is 2.20. The van der Waals surface area contributed by atoms with Crippen LogP contribution in [0.25, 0.3) is 6.08 Å². The molecule has 2 heterocycles. The Labute approximate surface area is 133 Å². The summed E-state index contributed by atoms with van der Waals surface area (Å²) in [6.45, 7) is 4.45. The lowest BCUT2D eigenvalue weighted by Gasteiger charge is -2.01. The Morgan fingerprint density at radius 3 is 2.61 bits per heavy atom. The number of hydrogen-bond donors (Lipinski definition) is 1. The number of ketones is 2. The van der Waals surface area contributed by atoms with E-state index in [1.54, 1.807) is 26.0 Å². The van der Waals surface area contributed by atoms with Crippen molar-refractivity contribution in [3.63, 3.8) is 0 Å². The zero-order chi connectivity index (χ0) is 17.0. The summed E-state index contributed by atoms with van der Waals surface area (Å²) in [7, 11) is 0. The summed E-state index contributed by atoms with van der Waals surface area (Å²) >= 11 is 0. The molecule has 120 valence electrons. The smallest absolute Gasteiger partial charge is 0.331 e. The molecule has 0 aliphatic rings. The van der Waals surface area contributed by atoms with Crippen molar-refractivity contribution in [1.82, 2.24) is 4.98 Å². The summed E-state index contributed by atoms with van der Waals surface area (Å²) in [5.74, 6) is -0.649. The molecule has 2 rings (SSSR count). The summed E-state index contributed by atoms with van der Waals surface area (Å²) in [6.07, 6.45) is 4.11. The Morgan fingerprint density at radius 2 is 2.04 bits per heavy atom. The number of furan rings is 1. The molecule has 1 N–H and O–H groups in total. The van der Waals surface area contributed by atoms with E-state index in [1.165, 1.54) is 25.3 Å². The fraction of sp³-hybridized carbons (Fsp3) is 0.235. The van der Waals surface area contributed by atoms with E-state index in [-0.39, 0.29) is 11.5 Å².